The standard InChI is InChI=1S/C15H14F2N4O/c1-8-5-9(2)14(19-10(8)3)21-13(22)6-11(15(4,16)17)12(7-18)20-21/h5-6H,1-4H3. The number of aromatic nitrogens is 3. The number of nitriles is 1. The Hall–Kier alpha value is -2.62. The lowest BCUT2D eigenvalue weighted by molar-refractivity contribution is 0.0164. The van der Waals surface area contributed by atoms with Crippen molar-refractivity contribution in [2.24, 2.45) is 0 Å². The normalized spacial score (nSPS) is 11.3. The Morgan fingerprint density at radius 3 is 2.41 bits per heavy atom. The van der Waals surface area contributed by atoms with Crippen molar-refractivity contribution in [2.45, 2.75) is 33.6 Å². The summed E-state index contributed by atoms with van der Waals surface area (Å²) in [5, 5.41) is 12.8. The van der Waals surface area contributed by atoms with Crippen molar-refractivity contribution in [1.82, 2.24) is 14.8 Å². The van der Waals surface area contributed by atoms with Crippen molar-refractivity contribution in [3.63, 3.8) is 0 Å². The maximum absolute atomic E-state index is 13.5. The highest BCUT2D eigenvalue weighted by Gasteiger charge is 2.30. The minimum Gasteiger partial charge on any atom is -0.267 e. The molecule has 0 unspecified atom stereocenters. The van der Waals surface area contributed by atoms with E-state index in [0.717, 1.165) is 16.3 Å². The van der Waals surface area contributed by atoms with Gasteiger partial charge in [-0.05, 0) is 31.9 Å². The Balaban J connectivity index is 2.77. The number of nitrogens with zero attached hydrogens (tertiary/aromatic N) is 4. The summed E-state index contributed by atoms with van der Waals surface area (Å²) >= 11 is 0. The fraction of sp³-hybridized carbons (Fsp3) is 0.333. The van der Waals surface area contributed by atoms with Gasteiger partial charge in [-0.25, -0.2) is 13.8 Å². The minimum atomic E-state index is -3.32. The van der Waals surface area contributed by atoms with Crippen LogP contribution in [-0.4, -0.2) is 14.8 Å². The van der Waals surface area contributed by atoms with Crippen molar-refractivity contribution < 1.29 is 8.78 Å². The minimum absolute atomic E-state index is 0.232. The second kappa shape index (κ2) is 5.30. The molecule has 2 aromatic heterocycles. The van der Waals surface area contributed by atoms with Crippen LogP contribution in [0.5, 0.6) is 0 Å². The molecule has 0 aliphatic carbocycles. The van der Waals surface area contributed by atoms with Gasteiger partial charge in [-0.15, -0.1) is 0 Å². The van der Waals surface area contributed by atoms with E-state index in [-0.39, 0.29) is 5.82 Å². The van der Waals surface area contributed by atoms with Gasteiger partial charge in [0.2, 0.25) is 0 Å². The monoisotopic (exact) mass is 304 g/mol. The van der Waals surface area contributed by atoms with Crippen LogP contribution in [0.4, 0.5) is 8.78 Å². The summed E-state index contributed by atoms with van der Waals surface area (Å²) in [5.74, 6) is -3.09. The van der Waals surface area contributed by atoms with Gasteiger partial charge in [0.15, 0.2) is 11.5 Å². The van der Waals surface area contributed by atoms with E-state index in [2.05, 4.69) is 10.1 Å². The van der Waals surface area contributed by atoms with Crippen LogP contribution in [0.3, 0.4) is 0 Å². The molecule has 0 saturated carbocycles. The SMILES string of the molecule is Cc1cc(C)c(-n2nc(C#N)c(C(C)(F)F)cc2=O)nc1C. The lowest BCUT2D eigenvalue weighted by Crippen LogP contribution is -2.27. The van der Waals surface area contributed by atoms with Crippen molar-refractivity contribution in [3.8, 4) is 11.9 Å². The van der Waals surface area contributed by atoms with E-state index in [1.807, 2.05) is 13.0 Å². The van der Waals surface area contributed by atoms with Crippen LogP contribution in [0, 0.1) is 32.1 Å². The summed E-state index contributed by atoms with van der Waals surface area (Å²) in [5.41, 5.74) is 0.362. The van der Waals surface area contributed by atoms with E-state index >= 15 is 0 Å². The number of alkyl halides is 2. The number of rotatable bonds is 2. The predicted octanol–water partition coefficient (Wildman–Crippen LogP) is 2.54. The zero-order chi connectivity index (χ0) is 16.7. The maximum Gasteiger partial charge on any atom is 0.273 e. The van der Waals surface area contributed by atoms with Crippen LogP contribution >= 0.6 is 0 Å². The third-order valence-electron chi connectivity index (χ3n) is 3.34. The first-order chi connectivity index (χ1) is 10.1. The predicted molar refractivity (Wildman–Crippen MR) is 76.1 cm³/mol. The number of halogens is 2. The molecular formula is C15H14F2N4O. The molecule has 0 saturated heterocycles. The van der Waals surface area contributed by atoms with Gasteiger partial charge in [0.1, 0.15) is 6.07 Å². The molecule has 114 valence electrons. The molecule has 0 radical (unpaired) electrons. The summed E-state index contributed by atoms with van der Waals surface area (Å²) in [4.78, 5) is 16.4. The summed E-state index contributed by atoms with van der Waals surface area (Å²) in [6.07, 6.45) is 0. The molecule has 0 aliphatic heterocycles. The van der Waals surface area contributed by atoms with Crippen LogP contribution < -0.4 is 5.56 Å². The highest BCUT2D eigenvalue weighted by molar-refractivity contribution is 5.39. The first-order valence-electron chi connectivity index (χ1n) is 6.53. The van der Waals surface area contributed by atoms with Gasteiger partial charge < -0.3 is 0 Å². The molecule has 0 bridgehead atoms. The second-order valence-electron chi connectivity index (χ2n) is 5.19. The first kappa shape index (κ1) is 15.8. The first-order valence-corrected chi connectivity index (χ1v) is 6.53. The summed E-state index contributed by atoms with van der Waals surface area (Å²) in [6.45, 7) is 5.99. The largest absolute Gasteiger partial charge is 0.273 e. The summed E-state index contributed by atoms with van der Waals surface area (Å²) < 4.78 is 27.8. The highest BCUT2D eigenvalue weighted by atomic mass is 19.3. The van der Waals surface area contributed by atoms with Crippen LogP contribution in [0.2, 0.25) is 0 Å². The molecular weight excluding hydrogens is 290 g/mol. The molecule has 0 fully saturated rings. The molecule has 22 heavy (non-hydrogen) atoms. The summed E-state index contributed by atoms with van der Waals surface area (Å²) in [7, 11) is 0. The number of pyridine rings is 1. The Kier molecular flexibility index (Phi) is 3.79. The molecule has 2 rings (SSSR count). The number of hydrogen-bond acceptors (Lipinski definition) is 4. The molecule has 0 spiro atoms. The number of hydrogen-bond donors (Lipinski definition) is 0. The lowest BCUT2D eigenvalue weighted by Gasteiger charge is -2.14. The Bertz CT molecular complexity index is 844. The lowest BCUT2D eigenvalue weighted by atomic mass is 10.1. The van der Waals surface area contributed by atoms with E-state index in [0.29, 0.717) is 18.2 Å². The smallest absolute Gasteiger partial charge is 0.267 e. The molecule has 2 aromatic rings. The van der Waals surface area contributed by atoms with Gasteiger partial charge in [-0.2, -0.15) is 15.0 Å². The topological polar surface area (TPSA) is 71.6 Å². The van der Waals surface area contributed by atoms with Gasteiger partial charge in [-0.1, -0.05) is 6.07 Å². The third-order valence-corrected chi connectivity index (χ3v) is 3.34. The number of aryl methyl sites for hydroxylation is 3. The second-order valence-corrected chi connectivity index (χ2v) is 5.19. The van der Waals surface area contributed by atoms with Crippen molar-refractivity contribution in [1.29, 1.82) is 5.26 Å². The van der Waals surface area contributed by atoms with E-state index < -0.39 is 22.7 Å². The van der Waals surface area contributed by atoms with Crippen LogP contribution in [0.25, 0.3) is 5.82 Å². The van der Waals surface area contributed by atoms with Crippen LogP contribution in [-0.2, 0) is 5.92 Å². The van der Waals surface area contributed by atoms with Crippen molar-refractivity contribution >= 4 is 0 Å². The average molecular weight is 304 g/mol. The molecule has 5 nitrogen and oxygen atoms in total. The van der Waals surface area contributed by atoms with Crippen molar-refractivity contribution in [2.75, 3.05) is 0 Å². The average Bonchev–Trinajstić information content (AvgIpc) is 2.42. The van der Waals surface area contributed by atoms with E-state index in [4.69, 9.17) is 5.26 Å². The molecule has 0 atom stereocenters. The van der Waals surface area contributed by atoms with Crippen molar-refractivity contribution in [3.05, 3.63) is 50.6 Å². The van der Waals surface area contributed by atoms with Gasteiger partial charge >= 0.3 is 0 Å². The van der Waals surface area contributed by atoms with Crippen LogP contribution in [0.1, 0.15) is 35.0 Å². The Labute approximate surface area is 125 Å². The highest BCUT2D eigenvalue weighted by Crippen LogP contribution is 2.27. The molecule has 7 heteroatoms. The maximum atomic E-state index is 13.5. The molecule has 0 N–H and O–H groups in total. The van der Waals surface area contributed by atoms with Gasteiger partial charge in [0, 0.05) is 18.7 Å². The zero-order valence-corrected chi connectivity index (χ0v) is 12.6. The molecule has 0 amide bonds. The fourth-order valence-electron chi connectivity index (χ4n) is 2.07. The van der Waals surface area contributed by atoms with E-state index in [1.54, 1.807) is 19.9 Å². The third kappa shape index (κ3) is 2.72. The summed E-state index contributed by atoms with van der Waals surface area (Å²) in [6, 6.07) is 4.16. The fourth-order valence-corrected chi connectivity index (χ4v) is 2.07. The van der Waals surface area contributed by atoms with Gasteiger partial charge in [-0.3, -0.25) is 4.79 Å². The zero-order valence-electron chi connectivity index (χ0n) is 12.6. The molecule has 0 aromatic carbocycles. The molecule has 0 aliphatic rings. The van der Waals surface area contributed by atoms with E-state index in [9.17, 15) is 13.6 Å². The van der Waals surface area contributed by atoms with Gasteiger partial charge in [0.25, 0.3) is 11.5 Å². The Morgan fingerprint density at radius 2 is 1.86 bits per heavy atom. The van der Waals surface area contributed by atoms with Crippen LogP contribution in [0.15, 0.2) is 16.9 Å². The Morgan fingerprint density at radius 1 is 1.23 bits per heavy atom. The van der Waals surface area contributed by atoms with Gasteiger partial charge in [0.05, 0.1) is 5.56 Å². The van der Waals surface area contributed by atoms with E-state index in [1.165, 1.54) is 0 Å². The quantitative estimate of drug-likeness (QED) is 0.854. The molecule has 2 heterocycles.